The molecule has 27 heavy (non-hydrogen) atoms. The third-order valence-corrected chi connectivity index (χ3v) is 3.73. The first-order valence-electron chi connectivity index (χ1n) is 7.78. The molecule has 2 unspecified atom stereocenters. The van der Waals surface area contributed by atoms with Crippen LogP contribution in [0.5, 0.6) is 5.75 Å². The lowest BCUT2D eigenvalue weighted by Gasteiger charge is -2.21. The predicted octanol–water partition coefficient (Wildman–Crippen LogP) is 4.46. The van der Waals surface area contributed by atoms with E-state index in [2.05, 4.69) is 10.1 Å². The van der Waals surface area contributed by atoms with Gasteiger partial charge in [0, 0.05) is 12.1 Å². The Bertz CT molecular complexity index is 757. The molecule has 0 fully saturated rings. The van der Waals surface area contributed by atoms with Gasteiger partial charge in [0.05, 0.1) is 11.6 Å². The lowest BCUT2D eigenvalue weighted by molar-refractivity contribution is -0.153. The van der Waals surface area contributed by atoms with Gasteiger partial charge in [-0.2, -0.15) is 13.2 Å². The van der Waals surface area contributed by atoms with Crippen LogP contribution in [0.1, 0.15) is 18.5 Å². The molecule has 148 valence electrons. The van der Waals surface area contributed by atoms with Crippen LogP contribution in [-0.2, 0) is 4.79 Å². The zero-order valence-corrected chi connectivity index (χ0v) is 15.1. The summed E-state index contributed by atoms with van der Waals surface area (Å²) in [6, 6.07) is 11.1. The van der Waals surface area contributed by atoms with Crippen molar-refractivity contribution in [1.29, 1.82) is 0 Å². The minimum atomic E-state index is -4.56. The van der Waals surface area contributed by atoms with E-state index in [1.807, 2.05) is 0 Å². The number of anilines is 1. The molecule has 2 rings (SSSR count). The van der Waals surface area contributed by atoms with E-state index in [0.29, 0.717) is 0 Å². The largest absolute Gasteiger partial charge is 0.482 e. The quantitative estimate of drug-likeness (QED) is 0.696. The highest BCUT2D eigenvalue weighted by atomic mass is 35.5. The average molecular weight is 407 g/mol. The maximum absolute atomic E-state index is 13.4. The van der Waals surface area contributed by atoms with Crippen LogP contribution in [0.15, 0.2) is 48.5 Å². The summed E-state index contributed by atoms with van der Waals surface area (Å²) < 4.78 is 55.1. The summed E-state index contributed by atoms with van der Waals surface area (Å²) >= 11 is 0. The van der Waals surface area contributed by atoms with Gasteiger partial charge in [0.15, 0.2) is 6.61 Å². The number of hydrogen-bond donors (Lipinski definition) is 2. The second-order valence-electron chi connectivity index (χ2n) is 5.76. The SMILES string of the molecule is CC(C(=O)Nc1cc(F)ccc1OCC(F)(F)F)C(N)c1ccccc1.Cl. The fourth-order valence-electron chi connectivity index (χ4n) is 2.26. The van der Waals surface area contributed by atoms with E-state index in [4.69, 9.17) is 5.73 Å². The van der Waals surface area contributed by atoms with Crippen molar-refractivity contribution in [2.75, 3.05) is 11.9 Å². The van der Waals surface area contributed by atoms with Gasteiger partial charge in [-0.3, -0.25) is 4.79 Å². The normalized spacial score (nSPS) is 13.3. The number of alkyl halides is 3. The van der Waals surface area contributed by atoms with Crippen molar-refractivity contribution in [3.63, 3.8) is 0 Å². The molecular weight excluding hydrogens is 388 g/mol. The number of amides is 1. The minimum Gasteiger partial charge on any atom is -0.482 e. The summed E-state index contributed by atoms with van der Waals surface area (Å²) in [5.74, 6) is -2.28. The molecule has 0 aliphatic rings. The van der Waals surface area contributed by atoms with Crippen molar-refractivity contribution in [1.82, 2.24) is 0 Å². The maximum atomic E-state index is 13.4. The summed E-state index contributed by atoms with van der Waals surface area (Å²) in [5, 5.41) is 2.39. The lowest BCUT2D eigenvalue weighted by Crippen LogP contribution is -2.30. The fraction of sp³-hybridized carbons (Fsp3) is 0.278. The highest BCUT2D eigenvalue weighted by Gasteiger charge is 2.29. The Morgan fingerprint density at radius 3 is 2.41 bits per heavy atom. The number of benzene rings is 2. The third kappa shape index (κ3) is 6.73. The molecular formula is C18H19ClF4N2O2. The Labute approximate surface area is 160 Å². The summed E-state index contributed by atoms with van der Waals surface area (Å²) in [6.07, 6.45) is -4.56. The summed E-state index contributed by atoms with van der Waals surface area (Å²) in [5.41, 5.74) is 6.60. The van der Waals surface area contributed by atoms with Crippen molar-refractivity contribution >= 4 is 24.0 Å². The van der Waals surface area contributed by atoms with Gasteiger partial charge in [0.25, 0.3) is 0 Å². The van der Waals surface area contributed by atoms with E-state index in [1.54, 1.807) is 37.3 Å². The smallest absolute Gasteiger partial charge is 0.422 e. The van der Waals surface area contributed by atoms with E-state index in [9.17, 15) is 22.4 Å². The summed E-state index contributed by atoms with van der Waals surface area (Å²) in [4.78, 5) is 12.4. The molecule has 3 N–H and O–H groups in total. The monoisotopic (exact) mass is 406 g/mol. The third-order valence-electron chi connectivity index (χ3n) is 3.73. The molecule has 0 bridgehead atoms. The Hall–Kier alpha value is -2.32. The second-order valence-corrected chi connectivity index (χ2v) is 5.76. The Morgan fingerprint density at radius 1 is 1.19 bits per heavy atom. The van der Waals surface area contributed by atoms with E-state index >= 15 is 0 Å². The number of carbonyl (C=O) groups is 1. The number of hydrogen-bond acceptors (Lipinski definition) is 3. The van der Waals surface area contributed by atoms with Crippen LogP contribution in [0.2, 0.25) is 0 Å². The van der Waals surface area contributed by atoms with Crippen LogP contribution in [0, 0.1) is 11.7 Å². The standard InChI is InChI=1S/C18H18F4N2O2.ClH/c1-11(16(23)12-5-3-2-4-6-12)17(25)24-14-9-13(19)7-8-15(14)26-10-18(20,21)22;/h2-9,11,16H,10,23H2,1H3,(H,24,25);1H. The van der Waals surface area contributed by atoms with E-state index in [1.165, 1.54) is 0 Å². The van der Waals surface area contributed by atoms with E-state index in [0.717, 1.165) is 23.8 Å². The zero-order valence-electron chi connectivity index (χ0n) is 14.3. The molecule has 0 saturated carbocycles. The highest BCUT2D eigenvalue weighted by molar-refractivity contribution is 5.94. The van der Waals surface area contributed by atoms with Crippen molar-refractivity contribution in [3.05, 3.63) is 59.9 Å². The number of ether oxygens (including phenoxy) is 1. The van der Waals surface area contributed by atoms with Gasteiger partial charge in [0.1, 0.15) is 11.6 Å². The van der Waals surface area contributed by atoms with Crippen molar-refractivity contribution in [3.8, 4) is 5.75 Å². The predicted molar refractivity (Wildman–Crippen MR) is 96.4 cm³/mol. The number of halogens is 5. The first-order valence-corrected chi connectivity index (χ1v) is 7.78. The molecule has 1 amide bonds. The summed E-state index contributed by atoms with van der Waals surface area (Å²) in [6.45, 7) is 0.0170. The fourth-order valence-corrected chi connectivity index (χ4v) is 2.26. The van der Waals surface area contributed by atoms with Gasteiger partial charge < -0.3 is 15.8 Å². The molecule has 0 saturated heterocycles. The van der Waals surface area contributed by atoms with Crippen LogP contribution < -0.4 is 15.8 Å². The molecule has 0 aliphatic heterocycles. The second kappa shape index (κ2) is 9.57. The Balaban J connectivity index is 0.00000364. The van der Waals surface area contributed by atoms with Crippen molar-refractivity contribution < 1.29 is 27.1 Å². The molecule has 9 heteroatoms. The minimum absolute atomic E-state index is 0. The Morgan fingerprint density at radius 2 is 1.81 bits per heavy atom. The maximum Gasteiger partial charge on any atom is 0.422 e. The van der Waals surface area contributed by atoms with Crippen LogP contribution in [0.3, 0.4) is 0 Å². The number of rotatable bonds is 6. The van der Waals surface area contributed by atoms with Crippen molar-refractivity contribution in [2.24, 2.45) is 11.7 Å². The van der Waals surface area contributed by atoms with Gasteiger partial charge in [-0.1, -0.05) is 37.3 Å². The van der Waals surface area contributed by atoms with E-state index < -0.39 is 36.5 Å². The molecule has 0 heterocycles. The molecule has 2 atom stereocenters. The van der Waals surface area contributed by atoms with E-state index in [-0.39, 0.29) is 23.8 Å². The number of carbonyl (C=O) groups excluding carboxylic acids is 1. The average Bonchev–Trinajstić information content (AvgIpc) is 2.59. The summed E-state index contributed by atoms with van der Waals surface area (Å²) in [7, 11) is 0. The number of nitrogens with one attached hydrogen (secondary N) is 1. The molecule has 0 radical (unpaired) electrons. The molecule has 0 spiro atoms. The first kappa shape index (κ1) is 22.7. The van der Waals surface area contributed by atoms with Crippen molar-refractivity contribution in [2.45, 2.75) is 19.1 Å². The van der Waals surface area contributed by atoms with Crippen LogP contribution in [-0.4, -0.2) is 18.7 Å². The van der Waals surface area contributed by atoms with Gasteiger partial charge >= 0.3 is 6.18 Å². The topological polar surface area (TPSA) is 64.3 Å². The first-order chi connectivity index (χ1) is 12.2. The molecule has 0 aliphatic carbocycles. The van der Waals surface area contributed by atoms with Crippen LogP contribution in [0.4, 0.5) is 23.2 Å². The van der Waals surface area contributed by atoms with Crippen LogP contribution >= 0.6 is 12.4 Å². The van der Waals surface area contributed by atoms with Gasteiger partial charge in [-0.05, 0) is 17.7 Å². The van der Waals surface area contributed by atoms with Gasteiger partial charge in [-0.25, -0.2) is 4.39 Å². The molecule has 2 aromatic rings. The molecule has 0 aromatic heterocycles. The lowest BCUT2D eigenvalue weighted by atomic mass is 9.94. The Kier molecular flexibility index (Phi) is 8.05. The van der Waals surface area contributed by atoms with Gasteiger partial charge in [0.2, 0.25) is 5.91 Å². The molecule has 2 aromatic carbocycles. The molecule has 4 nitrogen and oxygen atoms in total. The van der Waals surface area contributed by atoms with Gasteiger partial charge in [-0.15, -0.1) is 12.4 Å². The van der Waals surface area contributed by atoms with Crippen LogP contribution in [0.25, 0.3) is 0 Å². The number of nitrogens with two attached hydrogens (primary N) is 1. The highest BCUT2D eigenvalue weighted by Crippen LogP contribution is 2.29. The zero-order chi connectivity index (χ0) is 19.3.